The van der Waals surface area contributed by atoms with Crippen LogP contribution in [-0.2, 0) is 0 Å². The van der Waals surface area contributed by atoms with Crippen molar-refractivity contribution in [3.8, 4) is 5.88 Å². The van der Waals surface area contributed by atoms with Crippen LogP contribution in [0.15, 0.2) is 48.8 Å². The molecule has 3 N–H and O–H groups in total. The van der Waals surface area contributed by atoms with E-state index in [0.717, 1.165) is 22.0 Å². The number of fused-ring (bicyclic) bond motifs is 1. The zero-order chi connectivity index (χ0) is 14.7. The lowest BCUT2D eigenvalue weighted by molar-refractivity contribution is 0.390. The standard InChI is InChI=1S/C15H15N5O/c1-21-14-6-5-13(19-20-14)15(18-16)11-4-2-3-10-7-8-17-9-12(10)11/h2-9,15,18H,16H2,1H3. The smallest absolute Gasteiger partial charge is 0.233 e. The first-order chi connectivity index (χ1) is 10.3. The van der Waals surface area contributed by atoms with Crippen molar-refractivity contribution in [1.29, 1.82) is 0 Å². The zero-order valence-corrected chi connectivity index (χ0v) is 11.5. The van der Waals surface area contributed by atoms with Crippen LogP contribution < -0.4 is 16.0 Å². The Kier molecular flexibility index (Phi) is 3.72. The van der Waals surface area contributed by atoms with Gasteiger partial charge < -0.3 is 4.74 Å². The number of rotatable bonds is 4. The van der Waals surface area contributed by atoms with Crippen LogP contribution in [0.5, 0.6) is 5.88 Å². The predicted octanol–water partition coefficient (Wildman–Crippen LogP) is 1.59. The second-order valence-corrected chi connectivity index (χ2v) is 4.54. The van der Waals surface area contributed by atoms with Gasteiger partial charge in [0.15, 0.2) is 0 Å². The second-order valence-electron chi connectivity index (χ2n) is 4.54. The van der Waals surface area contributed by atoms with E-state index >= 15 is 0 Å². The SMILES string of the molecule is COc1ccc(C(NN)c2cccc3ccncc23)nn1. The van der Waals surface area contributed by atoms with Crippen molar-refractivity contribution in [2.45, 2.75) is 6.04 Å². The first-order valence-corrected chi connectivity index (χ1v) is 6.50. The number of hydrogen-bond acceptors (Lipinski definition) is 6. The molecule has 3 rings (SSSR count). The topological polar surface area (TPSA) is 86.0 Å². The van der Waals surface area contributed by atoms with Gasteiger partial charge in [0.2, 0.25) is 5.88 Å². The van der Waals surface area contributed by atoms with Crippen LogP contribution in [0.4, 0.5) is 0 Å². The number of nitrogens with zero attached hydrogens (tertiary/aromatic N) is 3. The molecule has 0 aliphatic heterocycles. The molecule has 1 unspecified atom stereocenters. The molecule has 0 spiro atoms. The van der Waals surface area contributed by atoms with Crippen molar-refractivity contribution in [3.63, 3.8) is 0 Å². The lowest BCUT2D eigenvalue weighted by Crippen LogP contribution is -2.29. The van der Waals surface area contributed by atoms with Gasteiger partial charge in [-0.05, 0) is 23.1 Å². The summed E-state index contributed by atoms with van der Waals surface area (Å²) in [5.74, 6) is 6.20. The summed E-state index contributed by atoms with van der Waals surface area (Å²) in [6, 6.07) is 11.3. The Hall–Kier alpha value is -2.57. The number of benzene rings is 1. The molecule has 6 nitrogen and oxygen atoms in total. The molecule has 0 fully saturated rings. The number of ether oxygens (including phenoxy) is 1. The molecule has 106 valence electrons. The zero-order valence-electron chi connectivity index (χ0n) is 11.5. The van der Waals surface area contributed by atoms with E-state index in [0.29, 0.717) is 5.88 Å². The molecule has 2 aromatic heterocycles. The highest BCUT2D eigenvalue weighted by atomic mass is 16.5. The predicted molar refractivity (Wildman–Crippen MR) is 79.5 cm³/mol. The number of nitrogens with one attached hydrogen (secondary N) is 1. The maximum atomic E-state index is 5.73. The van der Waals surface area contributed by atoms with Crippen LogP contribution in [0.3, 0.4) is 0 Å². The lowest BCUT2D eigenvalue weighted by Gasteiger charge is -2.17. The highest BCUT2D eigenvalue weighted by Crippen LogP contribution is 2.27. The number of nitrogens with two attached hydrogens (primary N) is 1. The molecule has 0 amide bonds. The van der Waals surface area contributed by atoms with Crippen molar-refractivity contribution >= 4 is 10.8 Å². The number of hydrogen-bond donors (Lipinski definition) is 2. The van der Waals surface area contributed by atoms with E-state index in [1.54, 1.807) is 19.4 Å². The summed E-state index contributed by atoms with van der Waals surface area (Å²) in [4.78, 5) is 4.19. The van der Waals surface area contributed by atoms with E-state index in [4.69, 9.17) is 10.6 Å². The molecule has 2 heterocycles. The summed E-state index contributed by atoms with van der Waals surface area (Å²) < 4.78 is 5.02. The van der Waals surface area contributed by atoms with Crippen molar-refractivity contribution in [2.75, 3.05) is 7.11 Å². The lowest BCUT2D eigenvalue weighted by atomic mass is 9.98. The van der Waals surface area contributed by atoms with Crippen molar-refractivity contribution in [2.24, 2.45) is 5.84 Å². The Morgan fingerprint density at radius 1 is 1.14 bits per heavy atom. The molecule has 1 aromatic carbocycles. The van der Waals surface area contributed by atoms with Crippen LogP contribution in [0, 0.1) is 0 Å². The number of pyridine rings is 1. The maximum absolute atomic E-state index is 5.73. The van der Waals surface area contributed by atoms with E-state index in [1.165, 1.54) is 0 Å². The van der Waals surface area contributed by atoms with Crippen LogP contribution in [0.1, 0.15) is 17.3 Å². The highest BCUT2D eigenvalue weighted by molar-refractivity contribution is 5.85. The second kappa shape index (κ2) is 5.82. The van der Waals surface area contributed by atoms with Gasteiger partial charge in [-0.3, -0.25) is 10.8 Å². The van der Waals surface area contributed by atoms with Gasteiger partial charge in [0.25, 0.3) is 0 Å². The molecule has 0 bridgehead atoms. The minimum absolute atomic E-state index is 0.267. The van der Waals surface area contributed by atoms with Crippen molar-refractivity contribution in [3.05, 3.63) is 60.0 Å². The average Bonchev–Trinajstić information content (AvgIpc) is 2.56. The van der Waals surface area contributed by atoms with Crippen molar-refractivity contribution in [1.82, 2.24) is 20.6 Å². The molecular formula is C15H15N5O. The third-order valence-corrected chi connectivity index (χ3v) is 3.36. The molecular weight excluding hydrogens is 266 g/mol. The van der Waals surface area contributed by atoms with Gasteiger partial charge in [0.05, 0.1) is 18.8 Å². The molecule has 3 aromatic rings. The van der Waals surface area contributed by atoms with E-state index in [2.05, 4.69) is 20.6 Å². The average molecular weight is 281 g/mol. The Labute approximate surface area is 122 Å². The fraction of sp³-hybridized carbons (Fsp3) is 0.133. The largest absolute Gasteiger partial charge is 0.480 e. The molecule has 0 saturated carbocycles. The van der Waals surface area contributed by atoms with Gasteiger partial charge in [-0.1, -0.05) is 18.2 Å². The molecule has 0 aliphatic rings. The molecule has 1 atom stereocenters. The minimum atomic E-state index is -0.267. The van der Waals surface area contributed by atoms with Crippen LogP contribution in [0.25, 0.3) is 10.8 Å². The van der Waals surface area contributed by atoms with Gasteiger partial charge >= 0.3 is 0 Å². The molecule has 0 aliphatic carbocycles. The number of aromatic nitrogens is 3. The molecule has 0 radical (unpaired) electrons. The summed E-state index contributed by atoms with van der Waals surface area (Å²) in [7, 11) is 1.55. The summed E-state index contributed by atoms with van der Waals surface area (Å²) in [6.07, 6.45) is 3.59. The minimum Gasteiger partial charge on any atom is -0.480 e. The molecule has 6 heteroatoms. The van der Waals surface area contributed by atoms with E-state index in [-0.39, 0.29) is 6.04 Å². The van der Waals surface area contributed by atoms with Crippen molar-refractivity contribution < 1.29 is 4.74 Å². The Bertz CT molecular complexity index is 739. The number of methoxy groups -OCH3 is 1. The van der Waals surface area contributed by atoms with E-state index in [1.807, 2.05) is 36.5 Å². The third kappa shape index (κ3) is 2.54. The summed E-state index contributed by atoms with van der Waals surface area (Å²) >= 11 is 0. The summed E-state index contributed by atoms with van der Waals surface area (Å²) in [5, 5.41) is 10.3. The van der Waals surface area contributed by atoms with E-state index in [9.17, 15) is 0 Å². The van der Waals surface area contributed by atoms with Crippen LogP contribution in [0.2, 0.25) is 0 Å². The van der Waals surface area contributed by atoms with Gasteiger partial charge in [-0.25, -0.2) is 5.43 Å². The first-order valence-electron chi connectivity index (χ1n) is 6.50. The normalized spacial score (nSPS) is 12.3. The Morgan fingerprint density at radius 2 is 2.05 bits per heavy atom. The van der Waals surface area contributed by atoms with E-state index < -0.39 is 0 Å². The van der Waals surface area contributed by atoms with Crippen LogP contribution in [-0.4, -0.2) is 22.3 Å². The van der Waals surface area contributed by atoms with Gasteiger partial charge in [0, 0.05) is 23.8 Å². The van der Waals surface area contributed by atoms with Gasteiger partial charge in [0.1, 0.15) is 0 Å². The molecule has 21 heavy (non-hydrogen) atoms. The fourth-order valence-electron chi connectivity index (χ4n) is 2.32. The van der Waals surface area contributed by atoms with Crippen LogP contribution >= 0.6 is 0 Å². The van der Waals surface area contributed by atoms with Gasteiger partial charge in [-0.2, -0.15) is 0 Å². The quantitative estimate of drug-likeness (QED) is 0.558. The summed E-state index contributed by atoms with van der Waals surface area (Å²) in [6.45, 7) is 0. The Balaban J connectivity index is 2.09. The fourth-order valence-corrected chi connectivity index (χ4v) is 2.32. The summed E-state index contributed by atoms with van der Waals surface area (Å²) in [5.41, 5.74) is 4.51. The monoisotopic (exact) mass is 281 g/mol. The maximum Gasteiger partial charge on any atom is 0.233 e. The first kappa shape index (κ1) is 13.4. The Morgan fingerprint density at radius 3 is 2.76 bits per heavy atom. The number of hydrazine groups is 1. The molecule has 0 saturated heterocycles. The third-order valence-electron chi connectivity index (χ3n) is 3.36. The van der Waals surface area contributed by atoms with Gasteiger partial charge in [-0.15, -0.1) is 10.2 Å². The highest BCUT2D eigenvalue weighted by Gasteiger charge is 2.17.